The summed E-state index contributed by atoms with van der Waals surface area (Å²) in [4.78, 5) is 0. The fourth-order valence-electron chi connectivity index (χ4n) is 5.19. The summed E-state index contributed by atoms with van der Waals surface area (Å²) in [6.45, 7) is 4.04. The van der Waals surface area contributed by atoms with Crippen molar-refractivity contribution < 1.29 is 22.6 Å². The molecule has 0 aliphatic heterocycles. The molecular weight excluding hydrogens is 377 g/mol. The lowest BCUT2D eigenvalue weighted by Gasteiger charge is -2.38. The van der Waals surface area contributed by atoms with E-state index < -0.39 is 6.36 Å². The molecule has 0 amide bonds. The Morgan fingerprint density at radius 3 is 2.00 bits per heavy atom. The van der Waals surface area contributed by atoms with E-state index in [1.807, 2.05) is 0 Å². The van der Waals surface area contributed by atoms with Crippen LogP contribution < -0.4 is 4.74 Å². The molecule has 0 N–H and O–H groups in total. The van der Waals surface area contributed by atoms with E-state index in [2.05, 4.69) is 11.7 Å². The highest BCUT2D eigenvalue weighted by atomic mass is 19.4. The first kappa shape index (κ1) is 22.5. The van der Waals surface area contributed by atoms with Crippen LogP contribution in [0.5, 0.6) is 5.75 Å². The van der Waals surface area contributed by atoms with Crippen molar-refractivity contribution in [2.75, 3.05) is 13.2 Å². The van der Waals surface area contributed by atoms with Crippen molar-refractivity contribution in [3.8, 4) is 5.75 Å². The number of halogens is 3. The Labute approximate surface area is 173 Å². The van der Waals surface area contributed by atoms with Gasteiger partial charge in [-0.25, -0.2) is 0 Å². The average molecular weight is 413 g/mol. The zero-order chi connectivity index (χ0) is 20.7. The standard InChI is InChI=1S/C24H35F3O2/c1-2-3-16-28-17-18-4-6-19(7-5-18)20-8-10-21(11-9-20)22-12-14-23(15-13-22)29-24(25,26)27/h12-15,18-21H,2-11,16-17H2,1H3. The Morgan fingerprint density at radius 1 is 0.862 bits per heavy atom. The SMILES string of the molecule is CCCCOCC1CCC(C2CCC(c3ccc(OC(F)(F)F)cc3)CC2)CC1. The number of alkyl halides is 3. The smallest absolute Gasteiger partial charge is 0.406 e. The Bertz CT molecular complexity index is 583. The lowest BCUT2D eigenvalue weighted by molar-refractivity contribution is -0.274. The van der Waals surface area contributed by atoms with Crippen LogP contribution in [0.1, 0.15) is 82.6 Å². The average Bonchev–Trinajstić information content (AvgIpc) is 2.71. The van der Waals surface area contributed by atoms with Gasteiger partial charge in [0.2, 0.25) is 0 Å². The van der Waals surface area contributed by atoms with Crippen LogP contribution in [0.2, 0.25) is 0 Å². The number of rotatable bonds is 8. The second-order valence-electron chi connectivity index (χ2n) is 8.94. The van der Waals surface area contributed by atoms with Gasteiger partial charge in [-0.15, -0.1) is 13.2 Å². The highest BCUT2D eigenvalue weighted by Gasteiger charge is 2.32. The maximum absolute atomic E-state index is 12.3. The van der Waals surface area contributed by atoms with Gasteiger partial charge in [0.05, 0.1) is 0 Å². The van der Waals surface area contributed by atoms with Crippen LogP contribution in [-0.2, 0) is 4.74 Å². The van der Waals surface area contributed by atoms with Crippen LogP contribution in [-0.4, -0.2) is 19.6 Å². The molecule has 0 atom stereocenters. The number of hydrogen-bond donors (Lipinski definition) is 0. The molecule has 164 valence electrons. The quantitative estimate of drug-likeness (QED) is 0.412. The molecule has 2 nitrogen and oxygen atoms in total. The molecule has 2 aliphatic carbocycles. The highest BCUT2D eigenvalue weighted by Crippen LogP contribution is 2.44. The summed E-state index contributed by atoms with van der Waals surface area (Å²) in [6, 6.07) is 6.49. The summed E-state index contributed by atoms with van der Waals surface area (Å²) < 4.78 is 46.7. The third kappa shape index (κ3) is 7.20. The minimum Gasteiger partial charge on any atom is -0.406 e. The predicted molar refractivity (Wildman–Crippen MR) is 109 cm³/mol. The minimum atomic E-state index is -4.62. The zero-order valence-corrected chi connectivity index (χ0v) is 17.6. The summed E-state index contributed by atoms with van der Waals surface area (Å²) >= 11 is 0. The molecule has 0 aromatic heterocycles. The molecule has 0 saturated heterocycles. The molecule has 2 aliphatic rings. The summed E-state index contributed by atoms with van der Waals surface area (Å²) in [5.74, 6) is 2.75. The summed E-state index contributed by atoms with van der Waals surface area (Å²) in [5, 5.41) is 0. The maximum atomic E-state index is 12.3. The third-order valence-corrected chi connectivity index (χ3v) is 6.91. The van der Waals surface area contributed by atoms with Crippen LogP contribution in [0, 0.1) is 17.8 Å². The van der Waals surface area contributed by atoms with E-state index in [1.165, 1.54) is 57.1 Å². The first-order chi connectivity index (χ1) is 13.9. The van der Waals surface area contributed by atoms with Crippen molar-refractivity contribution in [3.63, 3.8) is 0 Å². The molecule has 1 aromatic carbocycles. The Balaban J connectivity index is 1.38. The van der Waals surface area contributed by atoms with Gasteiger partial charge in [-0.05, 0) is 99.2 Å². The van der Waals surface area contributed by atoms with Crippen molar-refractivity contribution in [1.29, 1.82) is 0 Å². The largest absolute Gasteiger partial charge is 0.573 e. The first-order valence-electron chi connectivity index (χ1n) is 11.4. The molecule has 2 saturated carbocycles. The van der Waals surface area contributed by atoms with Gasteiger partial charge in [-0.3, -0.25) is 0 Å². The van der Waals surface area contributed by atoms with Crippen LogP contribution in [0.15, 0.2) is 24.3 Å². The Hall–Kier alpha value is -1.23. The van der Waals surface area contributed by atoms with E-state index in [-0.39, 0.29) is 5.75 Å². The molecule has 29 heavy (non-hydrogen) atoms. The normalized spacial score (nSPS) is 28.3. The first-order valence-corrected chi connectivity index (χ1v) is 11.4. The van der Waals surface area contributed by atoms with Gasteiger partial charge in [0.1, 0.15) is 5.75 Å². The number of hydrogen-bond acceptors (Lipinski definition) is 2. The molecular formula is C24H35F3O2. The van der Waals surface area contributed by atoms with Crippen LogP contribution >= 0.6 is 0 Å². The zero-order valence-electron chi connectivity index (χ0n) is 17.6. The fraction of sp³-hybridized carbons (Fsp3) is 0.750. The number of ether oxygens (including phenoxy) is 2. The van der Waals surface area contributed by atoms with Crippen molar-refractivity contribution in [2.45, 2.75) is 83.4 Å². The summed E-state index contributed by atoms with van der Waals surface area (Å²) in [6.07, 6.45) is 7.78. The van der Waals surface area contributed by atoms with Gasteiger partial charge >= 0.3 is 6.36 Å². The summed E-state index contributed by atoms with van der Waals surface area (Å²) in [7, 11) is 0. The number of benzene rings is 1. The lowest BCUT2D eigenvalue weighted by atomic mass is 9.68. The van der Waals surface area contributed by atoms with Gasteiger partial charge in [0, 0.05) is 13.2 Å². The van der Waals surface area contributed by atoms with Gasteiger partial charge < -0.3 is 9.47 Å². The molecule has 0 unspecified atom stereocenters. The van der Waals surface area contributed by atoms with Crippen molar-refractivity contribution in [2.24, 2.45) is 17.8 Å². The van der Waals surface area contributed by atoms with Crippen LogP contribution in [0.25, 0.3) is 0 Å². The fourth-order valence-corrected chi connectivity index (χ4v) is 5.19. The van der Waals surface area contributed by atoms with Crippen molar-refractivity contribution in [3.05, 3.63) is 29.8 Å². The van der Waals surface area contributed by atoms with Crippen LogP contribution in [0.4, 0.5) is 13.2 Å². The molecule has 0 radical (unpaired) electrons. The van der Waals surface area contributed by atoms with Gasteiger partial charge in [-0.1, -0.05) is 25.5 Å². The molecule has 1 aromatic rings. The second kappa shape index (κ2) is 10.7. The topological polar surface area (TPSA) is 18.5 Å². The third-order valence-electron chi connectivity index (χ3n) is 6.91. The summed E-state index contributed by atoms with van der Waals surface area (Å²) in [5.41, 5.74) is 1.14. The molecule has 0 heterocycles. The van der Waals surface area contributed by atoms with Crippen LogP contribution in [0.3, 0.4) is 0 Å². The molecule has 3 rings (SSSR count). The maximum Gasteiger partial charge on any atom is 0.573 e. The molecule has 5 heteroatoms. The monoisotopic (exact) mass is 412 g/mol. The molecule has 0 bridgehead atoms. The van der Waals surface area contributed by atoms with E-state index in [4.69, 9.17) is 4.74 Å². The van der Waals surface area contributed by atoms with Crippen molar-refractivity contribution >= 4 is 0 Å². The highest BCUT2D eigenvalue weighted by molar-refractivity contribution is 5.29. The Morgan fingerprint density at radius 2 is 1.45 bits per heavy atom. The predicted octanol–water partition coefficient (Wildman–Crippen LogP) is 7.48. The number of unbranched alkanes of at least 4 members (excludes halogenated alkanes) is 1. The van der Waals surface area contributed by atoms with E-state index in [1.54, 1.807) is 12.1 Å². The van der Waals surface area contributed by atoms with Gasteiger partial charge in [0.25, 0.3) is 0 Å². The molecule has 2 fully saturated rings. The van der Waals surface area contributed by atoms with Crippen molar-refractivity contribution in [1.82, 2.24) is 0 Å². The Kier molecular flexibility index (Phi) is 8.28. The minimum absolute atomic E-state index is 0.134. The molecule has 0 spiro atoms. The van der Waals surface area contributed by atoms with Gasteiger partial charge in [-0.2, -0.15) is 0 Å². The van der Waals surface area contributed by atoms with E-state index in [0.717, 1.165) is 55.8 Å². The van der Waals surface area contributed by atoms with E-state index in [0.29, 0.717) is 5.92 Å². The van der Waals surface area contributed by atoms with Gasteiger partial charge in [0.15, 0.2) is 0 Å². The second-order valence-corrected chi connectivity index (χ2v) is 8.94. The van der Waals surface area contributed by atoms with E-state index in [9.17, 15) is 13.2 Å². The lowest BCUT2D eigenvalue weighted by Crippen LogP contribution is -2.26. The van der Waals surface area contributed by atoms with E-state index >= 15 is 0 Å².